The number of aryl methyl sites for hydroxylation is 1. The van der Waals surface area contributed by atoms with E-state index in [4.69, 9.17) is 0 Å². The number of nitro groups is 1. The van der Waals surface area contributed by atoms with E-state index >= 15 is 0 Å². The summed E-state index contributed by atoms with van der Waals surface area (Å²) in [5, 5.41) is 14.0. The molecule has 0 aliphatic carbocycles. The van der Waals surface area contributed by atoms with Crippen LogP contribution in [0.15, 0.2) is 17.2 Å². The Kier molecular flexibility index (Phi) is 3.12. The van der Waals surface area contributed by atoms with Crippen molar-refractivity contribution in [3.05, 3.63) is 33.4 Å². The highest BCUT2D eigenvalue weighted by molar-refractivity contribution is 5.84. The molecule has 0 saturated heterocycles. The van der Waals surface area contributed by atoms with E-state index in [1.54, 1.807) is 6.92 Å². The molecule has 0 aromatic heterocycles. The number of benzene rings is 1. The monoisotopic (exact) mass is 207 g/mol. The number of anilines is 1. The summed E-state index contributed by atoms with van der Waals surface area (Å²) in [6, 6.07) is 2.69. The minimum atomic E-state index is -0.595. The first-order valence-corrected chi connectivity index (χ1v) is 4.06. The first kappa shape index (κ1) is 10.8. The number of hydrazone groups is 1. The summed E-state index contributed by atoms with van der Waals surface area (Å²) in [5.74, 6) is 0. The summed E-state index contributed by atoms with van der Waals surface area (Å²) in [6.07, 6.45) is 0.436. The maximum Gasteiger partial charge on any atom is 0.280 e. The maximum atomic E-state index is 10.6. The zero-order valence-electron chi connectivity index (χ0n) is 8.06. The Labute approximate surface area is 85.8 Å². The molecule has 0 atom stereocenters. The van der Waals surface area contributed by atoms with Crippen molar-refractivity contribution in [2.24, 2.45) is 5.10 Å². The van der Waals surface area contributed by atoms with Gasteiger partial charge in [-0.15, -0.1) is 0 Å². The number of nitrogens with one attached hydrogen (secondary N) is 1. The van der Waals surface area contributed by atoms with E-state index in [1.807, 2.05) is 0 Å². The van der Waals surface area contributed by atoms with Crippen molar-refractivity contribution in [1.29, 1.82) is 0 Å². The number of nitrogens with zero attached hydrogens (tertiary/aromatic N) is 2. The average Bonchev–Trinajstić information content (AvgIpc) is 2.20. The zero-order valence-corrected chi connectivity index (χ0v) is 8.06. The number of hydrogen-bond acceptors (Lipinski definition) is 5. The van der Waals surface area contributed by atoms with E-state index in [1.165, 1.54) is 12.1 Å². The van der Waals surface area contributed by atoms with Crippen molar-refractivity contribution in [2.45, 2.75) is 6.92 Å². The Balaban J connectivity index is 3.34. The van der Waals surface area contributed by atoms with Gasteiger partial charge in [0.15, 0.2) is 6.29 Å². The molecule has 0 fully saturated rings. The van der Waals surface area contributed by atoms with Gasteiger partial charge in [-0.2, -0.15) is 5.10 Å². The van der Waals surface area contributed by atoms with Gasteiger partial charge in [-0.3, -0.25) is 20.3 Å². The molecule has 0 bridgehead atoms. The van der Waals surface area contributed by atoms with Crippen molar-refractivity contribution in [3.63, 3.8) is 0 Å². The van der Waals surface area contributed by atoms with Crippen LogP contribution in [0.25, 0.3) is 0 Å². The molecule has 6 heteroatoms. The highest BCUT2D eigenvalue weighted by Crippen LogP contribution is 2.25. The molecular formula is C9H9N3O3. The fourth-order valence-corrected chi connectivity index (χ4v) is 1.17. The van der Waals surface area contributed by atoms with Gasteiger partial charge in [0.1, 0.15) is 0 Å². The number of aldehydes is 1. The molecule has 0 saturated carbocycles. The van der Waals surface area contributed by atoms with Gasteiger partial charge in [-0.25, -0.2) is 0 Å². The third-order valence-corrected chi connectivity index (χ3v) is 1.90. The van der Waals surface area contributed by atoms with E-state index in [-0.39, 0.29) is 11.3 Å². The Hall–Kier alpha value is -2.24. The third kappa shape index (κ3) is 2.16. The lowest BCUT2D eigenvalue weighted by molar-refractivity contribution is -0.385. The van der Waals surface area contributed by atoms with Crippen LogP contribution >= 0.6 is 0 Å². The van der Waals surface area contributed by atoms with Crippen LogP contribution in [0.5, 0.6) is 0 Å². The zero-order chi connectivity index (χ0) is 11.4. The second kappa shape index (κ2) is 4.32. The van der Waals surface area contributed by atoms with Gasteiger partial charge in [0, 0.05) is 12.8 Å². The van der Waals surface area contributed by atoms with Crippen molar-refractivity contribution in [2.75, 3.05) is 5.43 Å². The molecule has 0 spiro atoms. The fraction of sp³-hybridized carbons (Fsp3) is 0.111. The highest BCUT2D eigenvalue weighted by Gasteiger charge is 2.15. The summed E-state index contributed by atoms with van der Waals surface area (Å²) in [4.78, 5) is 20.6. The predicted octanol–water partition coefficient (Wildman–Crippen LogP) is 1.74. The van der Waals surface area contributed by atoms with Gasteiger partial charge < -0.3 is 0 Å². The van der Waals surface area contributed by atoms with E-state index in [2.05, 4.69) is 17.2 Å². The molecule has 0 amide bonds. The van der Waals surface area contributed by atoms with Gasteiger partial charge in [0.25, 0.3) is 5.69 Å². The minimum Gasteiger partial charge on any atom is -0.298 e. The van der Waals surface area contributed by atoms with E-state index in [0.29, 0.717) is 17.5 Å². The summed E-state index contributed by atoms with van der Waals surface area (Å²) in [5.41, 5.74) is 3.50. The Morgan fingerprint density at radius 1 is 1.60 bits per heavy atom. The van der Waals surface area contributed by atoms with Crippen molar-refractivity contribution < 1.29 is 9.72 Å². The predicted molar refractivity (Wildman–Crippen MR) is 56.4 cm³/mol. The topological polar surface area (TPSA) is 84.6 Å². The second-order valence-electron chi connectivity index (χ2n) is 2.87. The van der Waals surface area contributed by atoms with Crippen molar-refractivity contribution >= 4 is 24.4 Å². The summed E-state index contributed by atoms with van der Waals surface area (Å²) in [6.45, 7) is 4.90. The highest BCUT2D eigenvalue weighted by atomic mass is 16.6. The molecule has 1 rings (SSSR count). The molecule has 1 aromatic rings. The lowest BCUT2D eigenvalue weighted by Gasteiger charge is -2.05. The molecular weight excluding hydrogens is 198 g/mol. The fourth-order valence-electron chi connectivity index (χ4n) is 1.17. The van der Waals surface area contributed by atoms with Crippen LogP contribution in [-0.4, -0.2) is 17.9 Å². The van der Waals surface area contributed by atoms with Crippen LogP contribution in [0.4, 0.5) is 11.4 Å². The maximum absolute atomic E-state index is 10.6. The van der Waals surface area contributed by atoms with E-state index in [0.717, 1.165) is 0 Å². The number of carbonyl (C=O) groups is 1. The lowest BCUT2D eigenvalue weighted by atomic mass is 10.1. The first-order valence-electron chi connectivity index (χ1n) is 4.06. The quantitative estimate of drug-likeness (QED) is 0.352. The normalized spacial score (nSPS) is 9.40. The lowest BCUT2D eigenvalue weighted by Crippen LogP contribution is -1.98. The van der Waals surface area contributed by atoms with Gasteiger partial charge in [-0.1, -0.05) is 0 Å². The van der Waals surface area contributed by atoms with E-state index in [9.17, 15) is 14.9 Å². The number of nitro benzene ring substituents is 1. The van der Waals surface area contributed by atoms with Crippen molar-refractivity contribution in [1.82, 2.24) is 0 Å². The van der Waals surface area contributed by atoms with E-state index < -0.39 is 4.92 Å². The smallest absolute Gasteiger partial charge is 0.280 e. The molecule has 0 unspecified atom stereocenters. The second-order valence-corrected chi connectivity index (χ2v) is 2.87. The van der Waals surface area contributed by atoms with Crippen LogP contribution in [0, 0.1) is 17.0 Å². The SMILES string of the molecule is C=NNc1cc(C=O)c([N+](=O)[O-])cc1C. The van der Waals surface area contributed by atoms with Crippen molar-refractivity contribution in [3.8, 4) is 0 Å². The van der Waals surface area contributed by atoms with Gasteiger partial charge >= 0.3 is 0 Å². The summed E-state index contributed by atoms with van der Waals surface area (Å²) in [7, 11) is 0. The van der Waals surface area contributed by atoms with Crippen LogP contribution < -0.4 is 5.43 Å². The molecule has 6 nitrogen and oxygen atoms in total. The summed E-state index contributed by atoms with van der Waals surface area (Å²) >= 11 is 0. The first-order chi connectivity index (χ1) is 7.10. The largest absolute Gasteiger partial charge is 0.298 e. The molecule has 0 aliphatic heterocycles. The van der Waals surface area contributed by atoms with Crippen LogP contribution in [0.3, 0.4) is 0 Å². The number of hydrogen-bond donors (Lipinski definition) is 1. The molecule has 0 radical (unpaired) electrons. The third-order valence-electron chi connectivity index (χ3n) is 1.90. The standard InChI is InChI=1S/C9H9N3O3/c1-6-3-9(12(14)15)7(5-13)4-8(6)11-10-2/h3-5,11H,2H2,1H3. The van der Waals surface area contributed by atoms with Gasteiger partial charge in [0.2, 0.25) is 0 Å². The molecule has 1 N–H and O–H groups in total. The molecule has 0 aliphatic rings. The molecule has 15 heavy (non-hydrogen) atoms. The molecule has 78 valence electrons. The van der Waals surface area contributed by atoms with Crippen LogP contribution in [0.2, 0.25) is 0 Å². The van der Waals surface area contributed by atoms with Crippen LogP contribution in [-0.2, 0) is 0 Å². The number of carbonyl (C=O) groups excluding carboxylic acids is 1. The Bertz CT molecular complexity index is 429. The van der Waals surface area contributed by atoms with Gasteiger partial charge in [-0.05, 0) is 18.6 Å². The Morgan fingerprint density at radius 3 is 2.73 bits per heavy atom. The minimum absolute atomic E-state index is 0.0109. The Morgan fingerprint density at radius 2 is 2.27 bits per heavy atom. The van der Waals surface area contributed by atoms with Gasteiger partial charge in [0.05, 0.1) is 16.2 Å². The average molecular weight is 207 g/mol. The molecule has 1 aromatic carbocycles. The summed E-state index contributed by atoms with van der Waals surface area (Å²) < 4.78 is 0. The molecule has 0 heterocycles. The van der Waals surface area contributed by atoms with Crippen LogP contribution in [0.1, 0.15) is 15.9 Å². The number of rotatable bonds is 4.